The Kier molecular flexibility index (Phi) is 6.77. The van der Waals surface area contributed by atoms with Crippen LogP contribution in [0, 0.1) is 0 Å². The summed E-state index contributed by atoms with van der Waals surface area (Å²) in [5.74, 6) is -1.68. The number of carbonyl (C=O) groups is 4. The van der Waals surface area contributed by atoms with E-state index in [1.807, 2.05) is 0 Å². The molecule has 1 fully saturated rings. The molecule has 1 saturated heterocycles. The normalized spacial score (nSPS) is 16.4. The van der Waals surface area contributed by atoms with Gasteiger partial charge in [-0.15, -0.1) is 11.3 Å². The number of nitrogens with zero attached hydrogens (tertiary/aromatic N) is 4. The van der Waals surface area contributed by atoms with Crippen molar-refractivity contribution >= 4 is 56.3 Å². The zero-order valence-electron chi connectivity index (χ0n) is 15.9. The van der Waals surface area contributed by atoms with Gasteiger partial charge in [0, 0.05) is 19.5 Å². The molecule has 30 heavy (non-hydrogen) atoms. The monoisotopic (exact) mass is 462 g/mol. The minimum Gasteiger partial charge on any atom is -0.398 e. The lowest BCUT2D eigenvalue weighted by Crippen LogP contribution is -2.68. The molecule has 2 rings (SSSR count). The van der Waals surface area contributed by atoms with Gasteiger partial charge in [0.15, 0.2) is 10.8 Å². The lowest BCUT2D eigenvalue weighted by molar-refractivity contribution is -0.141. The molecule has 1 aliphatic rings. The minimum absolute atomic E-state index is 0.126. The van der Waals surface area contributed by atoms with Crippen LogP contribution in [-0.4, -0.2) is 86.0 Å². The molecule has 0 aliphatic carbocycles. The van der Waals surface area contributed by atoms with Gasteiger partial charge in [-0.3, -0.25) is 14.5 Å². The van der Waals surface area contributed by atoms with Crippen molar-refractivity contribution in [2.45, 2.75) is 6.04 Å². The molecule has 0 spiro atoms. The van der Waals surface area contributed by atoms with Gasteiger partial charge in [-0.1, -0.05) is 5.16 Å². The number of oxime groups is 1. The minimum atomic E-state index is -4.52. The van der Waals surface area contributed by atoms with Crippen LogP contribution in [0.4, 0.5) is 14.7 Å². The molecule has 0 saturated carbocycles. The van der Waals surface area contributed by atoms with Crippen LogP contribution in [0.5, 0.6) is 0 Å². The highest BCUT2D eigenvalue weighted by atomic mass is 32.2. The summed E-state index contributed by atoms with van der Waals surface area (Å²) in [5, 5.41) is 9.61. The van der Waals surface area contributed by atoms with Crippen LogP contribution < -0.4 is 21.1 Å². The molecule has 0 aromatic carbocycles. The van der Waals surface area contributed by atoms with E-state index in [2.05, 4.69) is 25.6 Å². The highest BCUT2D eigenvalue weighted by molar-refractivity contribution is 7.88. The van der Waals surface area contributed by atoms with Crippen LogP contribution in [0.3, 0.4) is 0 Å². The van der Waals surface area contributed by atoms with Crippen LogP contribution in [0.25, 0.3) is 0 Å². The first-order valence-electron chi connectivity index (χ1n) is 7.99. The number of imide groups is 1. The van der Waals surface area contributed by atoms with Crippen LogP contribution in [0.1, 0.15) is 5.69 Å². The molecule has 0 bridgehead atoms. The summed E-state index contributed by atoms with van der Waals surface area (Å²) in [5.41, 5.74) is 5.41. The van der Waals surface area contributed by atoms with Crippen LogP contribution >= 0.6 is 11.3 Å². The van der Waals surface area contributed by atoms with E-state index >= 15 is 0 Å². The number of nitrogen functional groups attached to an aromatic ring is 1. The van der Waals surface area contributed by atoms with Crippen molar-refractivity contribution in [2.75, 3.05) is 33.5 Å². The second-order valence-electron chi connectivity index (χ2n) is 5.60. The van der Waals surface area contributed by atoms with Crippen LogP contribution in [0.15, 0.2) is 10.5 Å². The summed E-state index contributed by atoms with van der Waals surface area (Å²) in [6.07, 6.45) is 0. The molecule has 17 heteroatoms. The number of nitrogens with one attached hydrogen (secondary N) is 3. The third-order valence-electron chi connectivity index (χ3n) is 3.72. The molecule has 1 atom stereocenters. The third kappa shape index (κ3) is 4.74. The molecule has 15 nitrogen and oxygen atoms in total. The zero-order valence-corrected chi connectivity index (χ0v) is 17.5. The molecule has 1 aromatic rings. The molecule has 1 aromatic heterocycles. The van der Waals surface area contributed by atoms with Crippen molar-refractivity contribution in [3.05, 3.63) is 11.1 Å². The van der Waals surface area contributed by atoms with Crippen molar-refractivity contribution < 1.29 is 32.4 Å². The van der Waals surface area contributed by atoms with E-state index in [0.717, 1.165) is 18.4 Å². The van der Waals surface area contributed by atoms with E-state index in [9.17, 15) is 27.6 Å². The zero-order chi connectivity index (χ0) is 22.6. The van der Waals surface area contributed by atoms with Gasteiger partial charge in [0.2, 0.25) is 0 Å². The first-order chi connectivity index (χ1) is 14.0. The number of thiazole rings is 1. The Hall–Kier alpha value is -3.47. The van der Waals surface area contributed by atoms with Gasteiger partial charge >= 0.3 is 22.3 Å². The molecule has 2 heterocycles. The fourth-order valence-corrected chi connectivity index (χ4v) is 3.46. The maximum atomic E-state index is 12.4. The fraction of sp³-hybridized carbons (Fsp3) is 0.385. The van der Waals surface area contributed by atoms with Gasteiger partial charge in [-0.2, -0.15) is 8.42 Å². The highest BCUT2D eigenvalue weighted by Gasteiger charge is 2.44. The highest BCUT2D eigenvalue weighted by Crippen LogP contribution is 2.14. The van der Waals surface area contributed by atoms with Gasteiger partial charge < -0.3 is 21.2 Å². The molecule has 0 unspecified atom stereocenters. The predicted molar refractivity (Wildman–Crippen MR) is 103 cm³/mol. The maximum absolute atomic E-state index is 12.4. The van der Waals surface area contributed by atoms with E-state index in [4.69, 9.17) is 5.73 Å². The topological polar surface area (TPSA) is 205 Å². The van der Waals surface area contributed by atoms with Gasteiger partial charge in [0.25, 0.3) is 11.8 Å². The van der Waals surface area contributed by atoms with Crippen molar-refractivity contribution in [2.24, 2.45) is 5.16 Å². The summed E-state index contributed by atoms with van der Waals surface area (Å²) >= 11 is 1.06. The van der Waals surface area contributed by atoms with E-state index in [-0.39, 0.29) is 27.4 Å². The van der Waals surface area contributed by atoms with E-state index in [1.165, 1.54) is 19.5 Å². The molecule has 6 amide bonds. The predicted octanol–water partition coefficient (Wildman–Crippen LogP) is -2.37. The van der Waals surface area contributed by atoms with E-state index in [0.29, 0.717) is 4.90 Å². The number of nitrogens with two attached hydrogens (primary N) is 1. The molecular weight excluding hydrogens is 444 g/mol. The summed E-state index contributed by atoms with van der Waals surface area (Å²) in [6.45, 7) is -0.310. The smallest absolute Gasteiger partial charge is 0.339 e. The number of amides is 6. The van der Waals surface area contributed by atoms with Crippen molar-refractivity contribution in [3.8, 4) is 0 Å². The van der Waals surface area contributed by atoms with E-state index in [1.54, 1.807) is 4.72 Å². The number of likely N-dealkylation sites (tertiary alicyclic amines) is 1. The Balaban J connectivity index is 1.99. The second-order valence-corrected chi connectivity index (χ2v) is 8.19. The Labute approximate surface area is 174 Å². The van der Waals surface area contributed by atoms with Gasteiger partial charge in [0.05, 0.1) is 6.54 Å². The third-order valence-corrected chi connectivity index (χ3v) is 5.71. The lowest BCUT2D eigenvalue weighted by Gasteiger charge is -2.36. The Bertz CT molecular complexity index is 1000. The quantitative estimate of drug-likeness (QED) is 0.202. The average Bonchev–Trinajstić information content (AvgIpc) is 3.12. The number of hydrogen-bond donors (Lipinski definition) is 4. The summed E-state index contributed by atoms with van der Waals surface area (Å²) in [7, 11) is -1.20. The van der Waals surface area contributed by atoms with Crippen molar-refractivity contribution in [3.63, 3.8) is 0 Å². The second kappa shape index (κ2) is 8.91. The Morgan fingerprint density at radius 1 is 1.43 bits per heavy atom. The van der Waals surface area contributed by atoms with Gasteiger partial charge in [-0.05, 0) is 0 Å². The maximum Gasteiger partial charge on any atom is 0.339 e. The van der Waals surface area contributed by atoms with Crippen LogP contribution in [0.2, 0.25) is 0 Å². The average molecular weight is 462 g/mol. The molecule has 1 aliphatic heterocycles. The number of β-lactam (4-membered cyclic amide) rings is 1. The number of rotatable bonds is 6. The molecular formula is C13H18N8O7S2. The molecule has 0 radical (unpaired) electrons. The SMILES string of the molecule is CNC(=O)N(C)S(=O)(=O)NC(=O)N1C[C@H](NC(=O)C(=NOC)c2csc(N)n2)C1=O. The standard InChI is InChI=1S/C13H18N8O7S2/c1-15-12(24)20(2)30(26,27)19-13(25)21-4-6(10(21)23)16-9(22)8(18-28-3)7-5-29-11(14)17-7/h5-6H,4H2,1-3H3,(H2,14,17)(H,15,24)(H,16,22)(H,19,25)/t6-/m0/s1. The van der Waals surface area contributed by atoms with Crippen molar-refractivity contribution in [1.29, 1.82) is 0 Å². The fourth-order valence-electron chi connectivity index (χ4n) is 2.14. The summed E-state index contributed by atoms with van der Waals surface area (Å²) < 4.78 is 25.7. The van der Waals surface area contributed by atoms with E-state index < -0.39 is 40.1 Å². The summed E-state index contributed by atoms with van der Waals surface area (Å²) in [4.78, 5) is 57.0. The van der Waals surface area contributed by atoms with Crippen molar-refractivity contribution in [1.82, 2.24) is 29.5 Å². The number of urea groups is 2. The molecule has 5 N–H and O–H groups in total. The van der Waals surface area contributed by atoms with Crippen LogP contribution in [-0.2, 0) is 24.6 Å². The Morgan fingerprint density at radius 2 is 2.10 bits per heavy atom. The van der Waals surface area contributed by atoms with Gasteiger partial charge in [0.1, 0.15) is 18.8 Å². The number of anilines is 1. The first kappa shape index (κ1) is 22.8. The Morgan fingerprint density at radius 3 is 2.60 bits per heavy atom. The summed E-state index contributed by atoms with van der Waals surface area (Å²) in [6, 6.07) is -3.39. The number of aromatic nitrogens is 1. The lowest BCUT2D eigenvalue weighted by atomic mass is 10.1. The number of carbonyl (C=O) groups excluding carboxylic acids is 4. The largest absolute Gasteiger partial charge is 0.398 e. The van der Waals surface area contributed by atoms with Gasteiger partial charge in [-0.25, -0.2) is 23.6 Å². The molecule has 164 valence electrons. The number of hydrogen-bond acceptors (Lipinski definition) is 11. The first-order valence-corrected chi connectivity index (χ1v) is 10.3.